The number of primary amides is 1. The Hall–Kier alpha value is -1.55. The van der Waals surface area contributed by atoms with Crippen molar-refractivity contribution in [1.82, 2.24) is 5.32 Å². The summed E-state index contributed by atoms with van der Waals surface area (Å²) < 4.78 is 0. The molecule has 1 fully saturated rings. The summed E-state index contributed by atoms with van der Waals surface area (Å²) >= 11 is 0. The van der Waals surface area contributed by atoms with Gasteiger partial charge < -0.3 is 16.2 Å². The predicted molar refractivity (Wildman–Crippen MR) is 77.2 cm³/mol. The molecule has 0 heterocycles. The molecule has 0 spiro atoms. The molecule has 4 heteroatoms. The molecule has 4 nitrogen and oxygen atoms in total. The lowest BCUT2D eigenvalue weighted by atomic mass is 9.63. The van der Waals surface area contributed by atoms with Crippen LogP contribution >= 0.6 is 0 Å². The fraction of sp³-hybridized carbons (Fsp3) is 0.533. The summed E-state index contributed by atoms with van der Waals surface area (Å²) in [5.41, 5.74) is 7.35. The van der Waals surface area contributed by atoms with E-state index in [2.05, 4.69) is 24.4 Å². The first-order valence-corrected chi connectivity index (χ1v) is 6.63. The summed E-state index contributed by atoms with van der Waals surface area (Å²) in [5.74, 6) is 0.138. The van der Waals surface area contributed by atoms with Crippen LogP contribution in [0.15, 0.2) is 35.6 Å². The zero-order valence-electron chi connectivity index (χ0n) is 11.9. The van der Waals surface area contributed by atoms with E-state index in [1.807, 2.05) is 19.2 Å². The molecular weight excluding hydrogens is 240 g/mol. The molecule has 0 aromatic heterocycles. The number of nitrogens with two attached hydrogens (primary N) is 1. The second kappa shape index (κ2) is 6.57. The van der Waals surface area contributed by atoms with E-state index in [4.69, 9.17) is 10.8 Å². The van der Waals surface area contributed by atoms with E-state index in [1.165, 1.54) is 0 Å². The van der Waals surface area contributed by atoms with Gasteiger partial charge in [-0.15, -0.1) is 0 Å². The normalized spacial score (nSPS) is 23.9. The quantitative estimate of drug-likeness (QED) is 0.723. The first-order valence-electron chi connectivity index (χ1n) is 6.63. The second-order valence-electron chi connectivity index (χ2n) is 4.99. The van der Waals surface area contributed by atoms with Crippen molar-refractivity contribution in [1.29, 1.82) is 0 Å². The standard InChI is InChI=1S/C14H20N2O.CH4O/c1-10-8-11(4-5-12(9-10)16-2)14(13(15)17)6-3-7-14;1-2/h4-5,8-10,16H,3,6-7H2,1-2H3,(H2,15,17);2H,1H3. The highest BCUT2D eigenvalue weighted by atomic mass is 16.2. The molecule has 1 unspecified atom stereocenters. The molecule has 1 amide bonds. The van der Waals surface area contributed by atoms with Gasteiger partial charge in [0.2, 0.25) is 5.91 Å². The van der Waals surface area contributed by atoms with Gasteiger partial charge in [-0.1, -0.05) is 31.6 Å². The van der Waals surface area contributed by atoms with Gasteiger partial charge in [-0.25, -0.2) is 0 Å². The smallest absolute Gasteiger partial charge is 0.228 e. The monoisotopic (exact) mass is 264 g/mol. The van der Waals surface area contributed by atoms with Crippen molar-refractivity contribution in [3.05, 3.63) is 35.6 Å². The van der Waals surface area contributed by atoms with E-state index in [-0.39, 0.29) is 5.91 Å². The Labute approximate surface area is 115 Å². The summed E-state index contributed by atoms with van der Waals surface area (Å²) in [6.07, 6.45) is 11.2. The molecule has 0 radical (unpaired) electrons. The summed E-state index contributed by atoms with van der Waals surface area (Å²) in [7, 11) is 2.90. The molecule has 0 bridgehead atoms. The third-order valence-corrected chi connectivity index (χ3v) is 3.85. The third kappa shape index (κ3) is 3.07. The lowest BCUT2D eigenvalue weighted by Crippen LogP contribution is -2.44. The second-order valence-corrected chi connectivity index (χ2v) is 4.99. The average Bonchev–Trinajstić information content (AvgIpc) is 2.52. The number of aliphatic hydroxyl groups excluding tert-OH is 1. The number of nitrogens with one attached hydrogen (secondary N) is 1. The van der Waals surface area contributed by atoms with Crippen LogP contribution < -0.4 is 11.1 Å². The van der Waals surface area contributed by atoms with Crippen molar-refractivity contribution in [2.45, 2.75) is 26.2 Å². The fourth-order valence-electron chi connectivity index (χ4n) is 2.60. The largest absolute Gasteiger partial charge is 0.400 e. The number of hydrogen-bond acceptors (Lipinski definition) is 3. The van der Waals surface area contributed by atoms with Gasteiger partial charge in [-0.2, -0.15) is 0 Å². The zero-order valence-corrected chi connectivity index (χ0v) is 11.9. The van der Waals surface area contributed by atoms with Crippen LogP contribution in [0.1, 0.15) is 26.2 Å². The maximum absolute atomic E-state index is 11.7. The Kier molecular flexibility index (Phi) is 5.36. The summed E-state index contributed by atoms with van der Waals surface area (Å²) in [5, 5.41) is 10.1. The van der Waals surface area contributed by atoms with E-state index in [1.54, 1.807) is 0 Å². The van der Waals surface area contributed by atoms with Gasteiger partial charge in [0.15, 0.2) is 0 Å². The van der Waals surface area contributed by atoms with Gasteiger partial charge in [0.25, 0.3) is 0 Å². The number of hydrogen-bond donors (Lipinski definition) is 3. The van der Waals surface area contributed by atoms with Gasteiger partial charge in [0.05, 0.1) is 5.41 Å². The van der Waals surface area contributed by atoms with Gasteiger partial charge in [0, 0.05) is 19.9 Å². The van der Waals surface area contributed by atoms with Crippen LogP contribution in [0.4, 0.5) is 0 Å². The lowest BCUT2D eigenvalue weighted by Gasteiger charge is -2.40. The van der Waals surface area contributed by atoms with E-state index in [0.29, 0.717) is 5.92 Å². The van der Waals surface area contributed by atoms with E-state index >= 15 is 0 Å². The van der Waals surface area contributed by atoms with Crippen LogP contribution in [0.2, 0.25) is 0 Å². The molecule has 4 N–H and O–H groups in total. The summed E-state index contributed by atoms with van der Waals surface area (Å²) in [4.78, 5) is 11.7. The predicted octanol–water partition coefficient (Wildman–Crippen LogP) is 1.49. The van der Waals surface area contributed by atoms with Crippen molar-refractivity contribution < 1.29 is 9.90 Å². The van der Waals surface area contributed by atoms with Crippen molar-refractivity contribution in [2.24, 2.45) is 17.1 Å². The topological polar surface area (TPSA) is 75.3 Å². The molecule has 0 saturated heterocycles. The van der Waals surface area contributed by atoms with E-state index in [9.17, 15) is 4.79 Å². The molecule has 2 rings (SSSR count). The van der Waals surface area contributed by atoms with Crippen molar-refractivity contribution in [3.8, 4) is 0 Å². The van der Waals surface area contributed by atoms with Gasteiger partial charge in [-0.05, 0) is 30.4 Å². The Morgan fingerprint density at radius 2 is 2.00 bits per heavy atom. The molecular formula is C15H24N2O2. The highest BCUT2D eigenvalue weighted by Gasteiger charge is 2.45. The minimum absolute atomic E-state index is 0.181. The van der Waals surface area contributed by atoms with Crippen LogP contribution in [0.5, 0.6) is 0 Å². The summed E-state index contributed by atoms with van der Waals surface area (Å²) in [6, 6.07) is 0. The van der Waals surface area contributed by atoms with Gasteiger partial charge >= 0.3 is 0 Å². The molecule has 1 atom stereocenters. The highest BCUT2D eigenvalue weighted by Crippen LogP contribution is 2.48. The Morgan fingerprint density at radius 3 is 2.42 bits per heavy atom. The first-order chi connectivity index (χ1) is 9.08. The van der Waals surface area contributed by atoms with Crippen molar-refractivity contribution in [2.75, 3.05) is 14.2 Å². The van der Waals surface area contributed by atoms with Crippen molar-refractivity contribution in [3.63, 3.8) is 0 Å². The van der Waals surface area contributed by atoms with Crippen LogP contribution in [-0.4, -0.2) is 25.2 Å². The minimum Gasteiger partial charge on any atom is -0.400 e. The first kappa shape index (κ1) is 15.5. The third-order valence-electron chi connectivity index (χ3n) is 3.85. The molecule has 106 valence electrons. The van der Waals surface area contributed by atoms with Crippen LogP contribution in [0.25, 0.3) is 0 Å². The van der Waals surface area contributed by atoms with Crippen LogP contribution in [0, 0.1) is 11.3 Å². The number of carbonyl (C=O) groups is 1. The molecule has 1 saturated carbocycles. The Morgan fingerprint density at radius 1 is 1.37 bits per heavy atom. The lowest BCUT2D eigenvalue weighted by molar-refractivity contribution is -0.129. The molecule has 2 aliphatic carbocycles. The molecule has 0 aromatic carbocycles. The van der Waals surface area contributed by atoms with Crippen LogP contribution in [-0.2, 0) is 4.79 Å². The zero-order chi connectivity index (χ0) is 14.5. The average molecular weight is 264 g/mol. The SMILES string of the molecule is CNC1=CC(C)C=C(C2(C(N)=O)CCC2)C=C1.CO. The Balaban J connectivity index is 0.000000861. The molecule has 0 aromatic rings. The van der Waals surface area contributed by atoms with E-state index < -0.39 is 5.41 Å². The fourth-order valence-corrected chi connectivity index (χ4v) is 2.60. The number of rotatable bonds is 3. The van der Waals surface area contributed by atoms with Gasteiger partial charge in [-0.3, -0.25) is 4.79 Å². The molecule has 19 heavy (non-hydrogen) atoms. The highest BCUT2D eigenvalue weighted by molar-refractivity contribution is 5.86. The molecule has 0 aliphatic heterocycles. The maximum Gasteiger partial charge on any atom is 0.228 e. The number of aliphatic hydroxyl groups is 1. The van der Waals surface area contributed by atoms with Gasteiger partial charge in [0.1, 0.15) is 0 Å². The van der Waals surface area contributed by atoms with Crippen LogP contribution in [0.3, 0.4) is 0 Å². The number of allylic oxidation sites excluding steroid dienone is 4. The van der Waals surface area contributed by atoms with Crippen molar-refractivity contribution >= 4 is 5.91 Å². The maximum atomic E-state index is 11.7. The number of carbonyl (C=O) groups excluding carboxylic acids is 1. The van der Waals surface area contributed by atoms with E-state index in [0.717, 1.165) is 37.6 Å². The number of amides is 1. The molecule has 2 aliphatic rings. The minimum atomic E-state index is -0.401. The Bertz CT molecular complexity index is 418. The number of likely N-dealkylation sites (N-methyl/N-ethyl adjacent to an activating group) is 1. The summed E-state index contributed by atoms with van der Waals surface area (Å²) in [6.45, 7) is 2.12.